The van der Waals surface area contributed by atoms with Gasteiger partial charge in [-0.1, -0.05) is 6.08 Å². The summed E-state index contributed by atoms with van der Waals surface area (Å²) in [5.74, 6) is -0.298. The Morgan fingerprint density at radius 1 is 1.53 bits per heavy atom. The second-order valence-electron chi connectivity index (χ2n) is 4.19. The molecule has 0 fully saturated rings. The van der Waals surface area contributed by atoms with Gasteiger partial charge in [0.25, 0.3) is 0 Å². The van der Waals surface area contributed by atoms with Gasteiger partial charge in [-0.3, -0.25) is 0 Å². The lowest BCUT2D eigenvalue weighted by molar-refractivity contribution is 0.0518. The second-order valence-corrected chi connectivity index (χ2v) is 4.19. The second kappa shape index (κ2) is 4.73. The maximum absolute atomic E-state index is 11.8. The van der Waals surface area contributed by atoms with Crippen LogP contribution in [0.25, 0.3) is 5.70 Å². The van der Waals surface area contributed by atoms with Crippen molar-refractivity contribution in [2.24, 2.45) is 0 Å². The van der Waals surface area contributed by atoms with E-state index in [1.165, 1.54) is 5.69 Å². The van der Waals surface area contributed by atoms with E-state index in [2.05, 4.69) is 5.10 Å². The first-order chi connectivity index (χ1) is 8.19. The summed E-state index contributed by atoms with van der Waals surface area (Å²) in [5, 5.41) is 4.39. The fourth-order valence-corrected chi connectivity index (χ4v) is 2.21. The van der Waals surface area contributed by atoms with Crippen molar-refractivity contribution < 1.29 is 9.53 Å². The highest BCUT2D eigenvalue weighted by atomic mass is 16.5. The summed E-state index contributed by atoms with van der Waals surface area (Å²) in [6, 6.07) is 0. The zero-order valence-corrected chi connectivity index (χ0v) is 10.6. The van der Waals surface area contributed by atoms with Gasteiger partial charge in [-0.2, -0.15) is 5.10 Å². The van der Waals surface area contributed by atoms with E-state index in [-0.39, 0.29) is 5.97 Å². The minimum absolute atomic E-state index is 0.298. The predicted molar refractivity (Wildman–Crippen MR) is 65.8 cm³/mol. The Bertz CT molecular complexity index is 472. The molecule has 0 N–H and O–H groups in total. The maximum atomic E-state index is 11.8. The Morgan fingerprint density at radius 2 is 2.29 bits per heavy atom. The lowest BCUT2D eigenvalue weighted by Crippen LogP contribution is -2.09. The van der Waals surface area contributed by atoms with Gasteiger partial charge >= 0.3 is 5.97 Å². The highest BCUT2D eigenvalue weighted by Gasteiger charge is 2.27. The molecule has 1 aliphatic rings. The van der Waals surface area contributed by atoms with E-state index in [9.17, 15) is 4.79 Å². The van der Waals surface area contributed by atoms with E-state index in [1.54, 1.807) is 0 Å². The third kappa shape index (κ3) is 1.99. The van der Waals surface area contributed by atoms with Crippen LogP contribution in [0.15, 0.2) is 6.08 Å². The number of fused-ring (bicyclic) bond motifs is 1. The average Bonchev–Trinajstić information content (AvgIpc) is 2.89. The topological polar surface area (TPSA) is 44.1 Å². The van der Waals surface area contributed by atoms with E-state index in [0.717, 1.165) is 30.5 Å². The van der Waals surface area contributed by atoms with Crippen LogP contribution in [0.5, 0.6) is 0 Å². The van der Waals surface area contributed by atoms with Crippen LogP contribution in [0, 0.1) is 0 Å². The smallest absolute Gasteiger partial charge is 0.359 e. The number of hydrogen-bond donors (Lipinski definition) is 0. The molecule has 0 bridgehead atoms. The van der Waals surface area contributed by atoms with Crippen LogP contribution in [0.2, 0.25) is 0 Å². The van der Waals surface area contributed by atoms with E-state index in [0.29, 0.717) is 12.3 Å². The van der Waals surface area contributed by atoms with Crippen LogP contribution >= 0.6 is 0 Å². The number of esters is 1. The monoisotopic (exact) mass is 234 g/mol. The van der Waals surface area contributed by atoms with Crippen molar-refractivity contribution in [3.05, 3.63) is 23.0 Å². The molecule has 4 heteroatoms. The molecular formula is C13H18N2O2. The third-order valence-corrected chi connectivity index (χ3v) is 3.15. The van der Waals surface area contributed by atoms with Crippen LogP contribution in [0.3, 0.4) is 0 Å². The molecule has 0 saturated carbocycles. The summed E-state index contributed by atoms with van der Waals surface area (Å²) in [7, 11) is 0. The van der Waals surface area contributed by atoms with Crippen molar-refractivity contribution in [3.63, 3.8) is 0 Å². The fourth-order valence-electron chi connectivity index (χ4n) is 2.21. The number of aromatic nitrogens is 2. The number of rotatable bonds is 3. The predicted octanol–water partition coefficient (Wildman–Crippen LogP) is 2.43. The molecule has 17 heavy (non-hydrogen) atoms. The quantitative estimate of drug-likeness (QED) is 0.754. The molecule has 0 aromatic carbocycles. The Labute approximate surface area is 101 Å². The average molecular weight is 234 g/mol. The van der Waals surface area contributed by atoms with Gasteiger partial charge in [0.2, 0.25) is 0 Å². The lowest BCUT2D eigenvalue weighted by atomic mass is 10.2. The number of carbonyl (C=O) groups excluding carboxylic acids is 1. The molecule has 0 spiro atoms. The van der Waals surface area contributed by atoms with Gasteiger partial charge in [0.05, 0.1) is 6.61 Å². The number of carbonyl (C=O) groups is 1. The Hall–Kier alpha value is -1.58. The minimum Gasteiger partial charge on any atom is -0.461 e. The van der Waals surface area contributed by atoms with Gasteiger partial charge in [-0.15, -0.1) is 0 Å². The number of hydrogen-bond acceptors (Lipinski definition) is 3. The molecule has 0 unspecified atom stereocenters. The van der Waals surface area contributed by atoms with Gasteiger partial charge in [0.15, 0.2) is 5.69 Å². The van der Waals surface area contributed by atoms with Crippen LogP contribution in [-0.2, 0) is 17.6 Å². The van der Waals surface area contributed by atoms with Crippen molar-refractivity contribution in [2.75, 3.05) is 6.61 Å². The van der Waals surface area contributed by atoms with Crippen LogP contribution < -0.4 is 0 Å². The zero-order valence-electron chi connectivity index (χ0n) is 10.6. The van der Waals surface area contributed by atoms with E-state index < -0.39 is 0 Å². The molecule has 1 aliphatic carbocycles. The van der Waals surface area contributed by atoms with E-state index >= 15 is 0 Å². The SMILES string of the molecule is CC=C(C)n1nc(C(=O)OCC)c2c1CCC2. The highest BCUT2D eigenvalue weighted by Crippen LogP contribution is 2.27. The molecule has 92 valence electrons. The molecule has 0 radical (unpaired) electrons. The van der Waals surface area contributed by atoms with Gasteiger partial charge in [-0.05, 0) is 40.0 Å². The summed E-state index contributed by atoms with van der Waals surface area (Å²) >= 11 is 0. The fraction of sp³-hybridized carbons (Fsp3) is 0.538. The molecule has 1 aromatic rings. The molecule has 1 heterocycles. The zero-order chi connectivity index (χ0) is 12.4. The summed E-state index contributed by atoms with van der Waals surface area (Å²) in [5.41, 5.74) is 3.80. The summed E-state index contributed by atoms with van der Waals surface area (Å²) in [6.07, 6.45) is 5.02. The number of ether oxygens (including phenoxy) is 1. The molecular weight excluding hydrogens is 216 g/mol. The summed E-state index contributed by atoms with van der Waals surface area (Å²) < 4.78 is 6.93. The van der Waals surface area contributed by atoms with Crippen LogP contribution in [0.4, 0.5) is 0 Å². The van der Waals surface area contributed by atoms with Gasteiger partial charge in [0, 0.05) is 17.0 Å². The van der Waals surface area contributed by atoms with E-state index in [4.69, 9.17) is 4.74 Å². The van der Waals surface area contributed by atoms with Crippen molar-refractivity contribution in [3.8, 4) is 0 Å². The van der Waals surface area contributed by atoms with Gasteiger partial charge in [-0.25, -0.2) is 9.48 Å². The standard InChI is InChI=1S/C13H18N2O2/c1-4-9(3)15-11-8-6-7-10(11)12(14-15)13(16)17-5-2/h4H,5-8H2,1-3H3. The number of nitrogens with zero attached hydrogens (tertiary/aromatic N) is 2. The third-order valence-electron chi connectivity index (χ3n) is 3.15. The molecule has 4 nitrogen and oxygen atoms in total. The van der Waals surface area contributed by atoms with E-state index in [1.807, 2.05) is 31.5 Å². The van der Waals surface area contributed by atoms with Crippen molar-refractivity contribution in [2.45, 2.75) is 40.0 Å². The Balaban J connectivity index is 2.45. The summed E-state index contributed by atoms with van der Waals surface area (Å²) in [4.78, 5) is 11.8. The molecule has 1 aromatic heterocycles. The molecule has 0 saturated heterocycles. The molecule has 2 rings (SSSR count). The van der Waals surface area contributed by atoms with Crippen molar-refractivity contribution >= 4 is 11.7 Å². The highest BCUT2D eigenvalue weighted by molar-refractivity contribution is 5.89. The number of allylic oxidation sites excluding steroid dienone is 2. The summed E-state index contributed by atoms with van der Waals surface area (Å²) in [6.45, 7) is 6.18. The van der Waals surface area contributed by atoms with Crippen LogP contribution in [0.1, 0.15) is 48.9 Å². The minimum atomic E-state index is -0.298. The Morgan fingerprint density at radius 3 is 2.94 bits per heavy atom. The Kier molecular flexibility index (Phi) is 3.31. The van der Waals surface area contributed by atoms with Gasteiger partial charge in [0.1, 0.15) is 0 Å². The van der Waals surface area contributed by atoms with Crippen LogP contribution in [-0.4, -0.2) is 22.4 Å². The first-order valence-electron chi connectivity index (χ1n) is 6.10. The largest absolute Gasteiger partial charge is 0.461 e. The lowest BCUT2D eigenvalue weighted by Gasteiger charge is -2.04. The van der Waals surface area contributed by atoms with Crippen molar-refractivity contribution in [1.82, 2.24) is 9.78 Å². The normalized spacial score (nSPS) is 14.9. The van der Waals surface area contributed by atoms with Crippen molar-refractivity contribution in [1.29, 1.82) is 0 Å². The molecule has 0 atom stereocenters. The molecule has 0 aliphatic heterocycles. The molecule has 0 amide bonds. The first-order valence-corrected chi connectivity index (χ1v) is 6.10. The van der Waals surface area contributed by atoms with Gasteiger partial charge < -0.3 is 4.74 Å². The first kappa shape index (κ1) is 11.9. The maximum Gasteiger partial charge on any atom is 0.359 e.